The van der Waals surface area contributed by atoms with E-state index in [1.54, 1.807) is 18.2 Å². The van der Waals surface area contributed by atoms with Crippen LogP contribution in [0.5, 0.6) is 5.75 Å². The molecule has 0 bridgehead atoms. The third-order valence-corrected chi connectivity index (χ3v) is 4.03. The van der Waals surface area contributed by atoms with Crippen LogP contribution in [0.15, 0.2) is 29.3 Å². The van der Waals surface area contributed by atoms with E-state index in [0.29, 0.717) is 17.6 Å². The van der Waals surface area contributed by atoms with E-state index >= 15 is 0 Å². The number of rotatable bonds is 7. The lowest BCUT2D eigenvalue weighted by molar-refractivity contribution is -0.0504. The highest BCUT2D eigenvalue weighted by Gasteiger charge is 2.22. The molecule has 1 aromatic carbocycles. The second kappa shape index (κ2) is 8.67. The van der Waals surface area contributed by atoms with Crippen LogP contribution < -0.4 is 15.8 Å². The van der Waals surface area contributed by atoms with Gasteiger partial charge in [-0.05, 0) is 32.0 Å². The molecule has 1 unspecified atom stereocenters. The van der Waals surface area contributed by atoms with Crippen molar-refractivity contribution < 1.29 is 13.5 Å². The maximum Gasteiger partial charge on any atom is 0.387 e. The van der Waals surface area contributed by atoms with E-state index in [1.807, 2.05) is 0 Å². The van der Waals surface area contributed by atoms with Crippen molar-refractivity contribution in [3.05, 3.63) is 29.8 Å². The van der Waals surface area contributed by atoms with Crippen molar-refractivity contribution in [2.45, 2.75) is 39.0 Å². The summed E-state index contributed by atoms with van der Waals surface area (Å²) in [5.41, 5.74) is 6.45. The number of alkyl halides is 2. The molecule has 1 fully saturated rings. The van der Waals surface area contributed by atoms with Crippen molar-refractivity contribution >= 4 is 5.96 Å². The number of likely N-dealkylation sites (N-methyl/N-ethyl adjacent to an activating group) is 1. The highest BCUT2D eigenvalue weighted by atomic mass is 19.3. The zero-order valence-corrected chi connectivity index (χ0v) is 13.3. The summed E-state index contributed by atoms with van der Waals surface area (Å²) < 4.78 is 29.2. The summed E-state index contributed by atoms with van der Waals surface area (Å²) in [7, 11) is 0. The van der Waals surface area contributed by atoms with E-state index < -0.39 is 6.61 Å². The zero-order valence-electron chi connectivity index (χ0n) is 13.3. The molecule has 1 saturated heterocycles. The van der Waals surface area contributed by atoms with E-state index in [1.165, 1.54) is 12.5 Å². The van der Waals surface area contributed by atoms with Crippen molar-refractivity contribution in [2.75, 3.05) is 19.6 Å². The Morgan fingerprint density at radius 3 is 3.00 bits per heavy atom. The molecule has 1 aliphatic heterocycles. The summed E-state index contributed by atoms with van der Waals surface area (Å²) in [6, 6.07) is 7.07. The molecular formula is C16H24F2N4O. The first-order valence-electron chi connectivity index (χ1n) is 7.90. The molecule has 0 aromatic heterocycles. The van der Waals surface area contributed by atoms with Crippen LogP contribution in [0.1, 0.15) is 25.3 Å². The lowest BCUT2D eigenvalue weighted by Gasteiger charge is -2.23. The van der Waals surface area contributed by atoms with Crippen LogP contribution >= 0.6 is 0 Å². The van der Waals surface area contributed by atoms with Gasteiger partial charge in [-0.1, -0.05) is 25.1 Å². The highest BCUT2D eigenvalue weighted by Crippen LogP contribution is 2.21. The number of halogens is 2. The Balaban J connectivity index is 1.87. The molecule has 0 amide bonds. The van der Waals surface area contributed by atoms with E-state index in [4.69, 9.17) is 5.73 Å². The number of nitrogens with zero attached hydrogens (tertiary/aromatic N) is 2. The van der Waals surface area contributed by atoms with Crippen LogP contribution in [0, 0.1) is 0 Å². The molecule has 5 nitrogen and oxygen atoms in total. The smallest absolute Gasteiger partial charge is 0.387 e. The fourth-order valence-corrected chi connectivity index (χ4v) is 2.84. The topological polar surface area (TPSA) is 62.9 Å². The van der Waals surface area contributed by atoms with Gasteiger partial charge in [-0.15, -0.1) is 0 Å². The molecule has 0 radical (unpaired) electrons. The monoisotopic (exact) mass is 326 g/mol. The van der Waals surface area contributed by atoms with E-state index in [9.17, 15) is 8.78 Å². The molecular weight excluding hydrogens is 302 g/mol. The number of likely N-dealkylation sites (tertiary alicyclic amines) is 1. The number of nitrogens with one attached hydrogen (secondary N) is 1. The van der Waals surface area contributed by atoms with Gasteiger partial charge in [0.1, 0.15) is 5.75 Å². The Labute approximate surface area is 135 Å². The lowest BCUT2D eigenvalue weighted by Crippen LogP contribution is -2.42. The maximum absolute atomic E-state index is 12.4. The minimum absolute atomic E-state index is 0.131. The number of guanidine groups is 1. The Morgan fingerprint density at radius 2 is 2.26 bits per heavy atom. The number of para-hydroxylation sites is 1. The Hall–Kier alpha value is -1.89. The molecule has 1 aliphatic rings. The Kier molecular flexibility index (Phi) is 6.58. The first-order chi connectivity index (χ1) is 11.1. The van der Waals surface area contributed by atoms with E-state index in [2.05, 4.69) is 26.9 Å². The number of hydrogen-bond acceptors (Lipinski definition) is 3. The largest absolute Gasteiger partial charge is 0.434 e. The third-order valence-electron chi connectivity index (χ3n) is 4.03. The summed E-state index contributed by atoms with van der Waals surface area (Å²) >= 11 is 0. The molecule has 1 atom stereocenters. The van der Waals surface area contributed by atoms with Gasteiger partial charge in [-0.2, -0.15) is 8.78 Å². The Bertz CT molecular complexity index is 525. The van der Waals surface area contributed by atoms with Crippen molar-refractivity contribution in [3.63, 3.8) is 0 Å². The summed E-state index contributed by atoms with van der Waals surface area (Å²) in [4.78, 5) is 6.62. The fraction of sp³-hybridized carbons (Fsp3) is 0.562. The van der Waals surface area contributed by atoms with Gasteiger partial charge in [0.2, 0.25) is 0 Å². The molecule has 0 aliphatic carbocycles. The number of ether oxygens (including phenoxy) is 1. The van der Waals surface area contributed by atoms with Crippen LogP contribution in [0.4, 0.5) is 8.78 Å². The van der Waals surface area contributed by atoms with Crippen LogP contribution in [0.2, 0.25) is 0 Å². The number of aliphatic imine (C=N–C) groups is 1. The standard InChI is InChI=1S/C16H24F2N4O/c1-2-22-9-5-7-13(22)11-21-16(19)20-10-12-6-3-4-8-14(12)23-15(17)18/h3-4,6,8,13,15H,2,5,7,9-11H2,1H3,(H3,19,20,21). The van der Waals surface area contributed by atoms with Gasteiger partial charge in [-0.25, -0.2) is 4.99 Å². The van der Waals surface area contributed by atoms with E-state index in [-0.39, 0.29) is 12.3 Å². The van der Waals surface area contributed by atoms with Gasteiger partial charge in [0.05, 0.1) is 6.54 Å². The van der Waals surface area contributed by atoms with Gasteiger partial charge in [0.25, 0.3) is 0 Å². The molecule has 1 aromatic rings. The SMILES string of the molecule is CCN1CCCC1CNC(N)=NCc1ccccc1OC(F)F. The first kappa shape index (κ1) is 17.5. The minimum atomic E-state index is -2.85. The van der Waals surface area contributed by atoms with Crippen molar-refractivity contribution in [1.29, 1.82) is 0 Å². The first-order valence-corrected chi connectivity index (χ1v) is 7.90. The van der Waals surface area contributed by atoms with Gasteiger partial charge in [0, 0.05) is 18.2 Å². The molecule has 0 saturated carbocycles. The second-order valence-corrected chi connectivity index (χ2v) is 5.49. The van der Waals surface area contributed by atoms with Crippen LogP contribution in [0.25, 0.3) is 0 Å². The van der Waals surface area contributed by atoms with Crippen LogP contribution in [-0.4, -0.2) is 43.1 Å². The summed E-state index contributed by atoms with van der Waals surface area (Å²) in [5.74, 6) is 0.451. The fourth-order valence-electron chi connectivity index (χ4n) is 2.84. The minimum Gasteiger partial charge on any atom is -0.434 e. The van der Waals surface area contributed by atoms with Gasteiger partial charge < -0.3 is 15.8 Å². The average molecular weight is 326 g/mol. The summed E-state index contributed by atoms with van der Waals surface area (Å²) in [6.45, 7) is 2.40. The van der Waals surface area contributed by atoms with Crippen molar-refractivity contribution in [2.24, 2.45) is 10.7 Å². The molecule has 2 rings (SSSR count). The van der Waals surface area contributed by atoms with Gasteiger partial charge >= 0.3 is 6.61 Å². The van der Waals surface area contributed by atoms with Crippen LogP contribution in [-0.2, 0) is 6.54 Å². The predicted octanol–water partition coefficient (Wildman–Crippen LogP) is 2.18. The molecule has 1 heterocycles. The molecule has 0 spiro atoms. The third kappa shape index (κ3) is 5.35. The number of benzene rings is 1. The normalized spacial score (nSPS) is 19.3. The van der Waals surface area contributed by atoms with Crippen molar-refractivity contribution in [1.82, 2.24) is 10.2 Å². The van der Waals surface area contributed by atoms with Gasteiger partial charge in [0.15, 0.2) is 5.96 Å². The second-order valence-electron chi connectivity index (χ2n) is 5.49. The maximum atomic E-state index is 12.4. The average Bonchev–Trinajstić information content (AvgIpc) is 2.99. The predicted molar refractivity (Wildman–Crippen MR) is 86.7 cm³/mol. The zero-order chi connectivity index (χ0) is 16.7. The summed E-state index contributed by atoms with van der Waals surface area (Å²) in [5, 5.41) is 3.12. The highest BCUT2D eigenvalue weighted by molar-refractivity contribution is 5.77. The van der Waals surface area contributed by atoms with Crippen molar-refractivity contribution in [3.8, 4) is 5.75 Å². The Morgan fingerprint density at radius 1 is 1.48 bits per heavy atom. The lowest BCUT2D eigenvalue weighted by atomic mass is 10.2. The number of nitrogens with two attached hydrogens (primary N) is 1. The number of hydrogen-bond donors (Lipinski definition) is 2. The molecule has 128 valence electrons. The van der Waals surface area contributed by atoms with E-state index in [0.717, 1.165) is 26.1 Å². The molecule has 3 N–H and O–H groups in total. The molecule has 23 heavy (non-hydrogen) atoms. The molecule has 7 heteroatoms. The van der Waals surface area contributed by atoms with Crippen LogP contribution in [0.3, 0.4) is 0 Å². The summed E-state index contributed by atoms with van der Waals surface area (Å²) in [6.07, 6.45) is 2.36. The van der Waals surface area contributed by atoms with Gasteiger partial charge in [-0.3, -0.25) is 4.90 Å². The quantitative estimate of drug-likeness (QED) is 0.595.